The Bertz CT molecular complexity index is 790. The SMILES string of the molecule is CN=C(NCCCSc1ccc(F)cc1)NCc1cccc(OCC(N)=O)c1.I. The van der Waals surface area contributed by atoms with Crippen LogP contribution in [0.3, 0.4) is 0 Å². The molecule has 0 aliphatic carbocycles. The van der Waals surface area contributed by atoms with Gasteiger partial charge in [0.05, 0.1) is 0 Å². The number of amides is 1. The third-order valence-corrected chi connectivity index (χ3v) is 4.76. The number of benzene rings is 2. The van der Waals surface area contributed by atoms with Crippen LogP contribution in [-0.4, -0.2) is 37.8 Å². The number of carbonyl (C=O) groups excluding carboxylic acids is 1. The molecule has 0 saturated heterocycles. The Hall–Kier alpha value is -2.01. The summed E-state index contributed by atoms with van der Waals surface area (Å²) in [5.74, 6) is 1.50. The molecule has 9 heteroatoms. The lowest BCUT2D eigenvalue weighted by molar-refractivity contribution is -0.119. The van der Waals surface area contributed by atoms with E-state index in [1.165, 1.54) is 12.1 Å². The van der Waals surface area contributed by atoms with Gasteiger partial charge in [0, 0.05) is 25.0 Å². The molecular weight excluding hydrogens is 506 g/mol. The molecule has 0 aliphatic rings. The molecule has 158 valence electrons. The van der Waals surface area contributed by atoms with E-state index in [1.54, 1.807) is 37.0 Å². The lowest BCUT2D eigenvalue weighted by Crippen LogP contribution is -2.37. The largest absolute Gasteiger partial charge is 0.484 e. The average molecular weight is 532 g/mol. The predicted molar refractivity (Wildman–Crippen MR) is 126 cm³/mol. The van der Waals surface area contributed by atoms with Crippen molar-refractivity contribution in [2.45, 2.75) is 17.9 Å². The molecule has 0 saturated carbocycles. The summed E-state index contributed by atoms with van der Waals surface area (Å²) < 4.78 is 18.2. The van der Waals surface area contributed by atoms with Crippen molar-refractivity contribution < 1.29 is 13.9 Å². The molecule has 0 heterocycles. The highest BCUT2D eigenvalue weighted by atomic mass is 127. The van der Waals surface area contributed by atoms with Crippen LogP contribution in [0.25, 0.3) is 0 Å². The van der Waals surface area contributed by atoms with Gasteiger partial charge in [-0.05, 0) is 54.1 Å². The van der Waals surface area contributed by atoms with Crippen LogP contribution < -0.4 is 21.1 Å². The van der Waals surface area contributed by atoms with Crippen LogP contribution in [0.2, 0.25) is 0 Å². The van der Waals surface area contributed by atoms with Crippen molar-refractivity contribution in [2.24, 2.45) is 10.7 Å². The van der Waals surface area contributed by atoms with Crippen molar-refractivity contribution >= 4 is 47.6 Å². The fourth-order valence-electron chi connectivity index (χ4n) is 2.31. The van der Waals surface area contributed by atoms with Gasteiger partial charge in [-0.1, -0.05) is 12.1 Å². The van der Waals surface area contributed by atoms with Crippen molar-refractivity contribution in [1.29, 1.82) is 0 Å². The number of primary amides is 1. The van der Waals surface area contributed by atoms with E-state index in [1.807, 2.05) is 18.2 Å². The fourth-order valence-corrected chi connectivity index (χ4v) is 3.16. The molecule has 0 fully saturated rings. The molecule has 29 heavy (non-hydrogen) atoms. The van der Waals surface area contributed by atoms with E-state index in [-0.39, 0.29) is 36.4 Å². The number of hydrogen-bond acceptors (Lipinski definition) is 4. The Labute approximate surface area is 191 Å². The van der Waals surface area contributed by atoms with Crippen molar-refractivity contribution in [3.8, 4) is 5.75 Å². The number of guanidine groups is 1. The summed E-state index contributed by atoms with van der Waals surface area (Å²) in [7, 11) is 1.72. The number of carbonyl (C=O) groups is 1. The lowest BCUT2D eigenvalue weighted by atomic mass is 10.2. The minimum atomic E-state index is -0.509. The van der Waals surface area contributed by atoms with Crippen molar-refractivity contribution in [2.75, 3.05) is 26.0 Å². The fraction of sp³-hybridized carbons (Fsp3) is 0.300. The molecule has 6 nitrogen and oxygen atoms in total. The summed E-state index contributed by atoms with van der Waals surface area (Å²) in [4.78, 5) is 16.1. The molecule has 0 bridgehead atoms. The highest BCUT2D eigenvalue weighted by Gasteiger charge is 2.02. The third-order valence-electron chi connectivity index (χ3n) is 3.66. The van der Waals surface area contributed by atoms with Crippen LogP contribution in [0.1, 0.15) is 12.0 Å². The standard InChI is InChI=1S/C20H25FN4O2S.HI/c1-23-20(24-10-3-11-28-18-8-6-16(21)7-9-18)25-13-15-4-2-5-17(12-15)27-14-19(22)26;/h2,4-9,12H,3,10-11,13-14H2,1H3,(H2,22,26)(H2,23,24,25);1H. The summed E-state index contributed by atoms with van der Waals surface area (Å²) in [6.45, 7) is 1.20. The van der Waals surface area contributed by atoms with E-state index in [9.17, 15) is 9.18 Å². The third kappa shape index (κ3) is 10.4. The van der Waals surface area contributed by atoms with Crippen LogP contribution >= 0.6 is 35.7 Å². The Balaban J connectivity index is 0.00000420. The number of halogens is 2. The van der Waals surface area contributed by atoms with Gasteiger partial charge in [0.15, 0.2) is 12.6 Å². The Kier molecular flexibility index (Phi) is 12.1. The molecule has 2 aromatic carbocycles. The van der Waals surface area contributed by atoms with Crippen molar-refractivity contribution in [1.82, 2.24) is 10.6 Å². The Morgan fingerprint density at radius 3 is 2.66 bits per heavy atom. The first-order chi connectivity index (χ1) is 13.6. The molecule has 4 N–H and O–H groups in total. The van der Waals surface area contributed by atoms with E-state index >= 15 is 0 Å². The molecule has 0 aromatic heterocycles. The van der Waals surface area contributed by atoms with Gasteiger partial charge in [0.2, 0.25) is 0 Å². The van der Waals surface area contributed by atoms with E-state index in [0.717, 1.165) is 29.2 Å². The van der Waals surface area contributed by atoms with Crippen LogP contribution in [0.5, 0.6) is 5.75 Å². The second kappa shape index (κ2) is 14.0. The number of ether oxygens (including phenoxy) is 1. The molecular formula is C20H26FIN4O2S. The number of thioether (sulfide) groups is 1. The van der Waals surface area contributed by atoms with Gasteiger partial charge in [-0.3, -0.25) is 9.79 Å². The number of hydrogen-bond donors (Lipinski definition) is 3. The summed E-state index contributed by atoms with van der Waals surface area (Å²) in [6, 6.07) is 14.0. The molecule has 0 unspecified atom stereocenters. The number of rotatable bonds is 10. The van der Waals surface area contributed by atoms with Gasteiger partial charge in [-0.2, -0.15) is 0 Å². The van der Waals surface area contributed by atoms with Gasteiger partial charge >= 0.3 is 0 Å². The normalized spacial score (nSPS) is 10.8. The highest BCUT2D eigenvalue weighted by molar-refractivity contribution is 14.0. The van der Waals surface area contributed by atoms with Gasteiger partial charge < -0.3 is 21.1 Å². The summed E-state index contributed by atoms with van der Waals surface area (Å²) in [5, 5.41) is 6.50. The van der Waals surface area contributed by atoms with Crippen LogP contribution in [0, 0.1) is 5.82 Å². The van der Waals surface area contributed by atoms with Crippen molar-refractivity contribution in [3.05, 3.63) is 59.9 Å². The van der Waals surface area contributed by atoms with E-state index in [0.29, 0.717) is 18.3 Å². The first kappa shape index (κ1) is 25.0. The zero-order chi connectivity index (χ0) is 20.2. The minimum Gasteiger partial charge on any atom is -0.484 e. The number of nitrogens with one attached hydrogen (secondary N) is 2. The zero-order valence-electron chi connectivity index (χ0n) is 16.2. The van der Waals surface area contributed by atoms with E-state index < -0.39 is 5.91 Å². The monoisotopic (exact) mass is 532 g/mol. The first-order valence-corrected chi connectivity index (χ1v) is 9.88. The molecule has 2 aromatic rings. The van der Waals surface area contributed by atoms with Crippen LogP contribution in [0.4, 0.5) is 4.39 Å². The second-order valence-electron chi connectivity index (χ2n) is 5.91. The van der Waals surface area contributed by atoms with E-state index in [2.05, 4.69) is 15.6 Å². The molecule has 1 amide bonds. The average Bonchev–Trinajstić information content (AvgIpc) is 2.70. The molecule has 0 radical (unpaired) electrons. The quantitative estimate of drug-likeness (QED) is 0.144. The maximum absolute atomic E-state index is 12.9. The number of nitrogens with zero attached hydrogens (tertiary/aromatic N) is 1. The molecule has 0 atom stereocenters. The topological polar surface area (TPSA) is 88.7 Å². The smallest absolute Gasteiger partial charge is 0.255 e. The maximum atomic E-state index is 12.9. The minimum absolute atomic E-state index is 0. The Morgan fingerprint density at radius 1 is 1.21 bits per heavy atom. The van der Waals surface area contributed by atoms with Gasteiger partial charge in [0.1, 0.15) is 11.6 Å². The zero-order valence-corrected chi connectivity index (χ0v) is 19.3. The van der Waals surface area contributed by atoms with Crippen LogP contribution in [-0.2, 0) is 11.3 Å². The predicted octanol–water partition coefficient (Wildman–Crippen LogP) is 3.16. The molecule has 2 rings (SSSR count). The summed E-state index contributed by atoms with van der Waals surface area (Å²) >= 11 is 1.69. The van der Waals surface area contributed by atoms with Gasteiger partial charge in [-0.25, -0.2) is 4.39 Å². The first-order valence-electron chi connectivity index (χ1n) is 8.90. The molecule has 0 spiro atoms. The summed E-state index contributed by atoms with van der Waals surface area (Å²) in [5.41, 5.74) is 6.08. The van der Waals surface area contributed by atoms with Gasteiger partial charge in [-0.15, -0.1) is 35.7 Å². The number of nitrogens with two attached hydrogens (primary N) is 1. The van der Waals surface area contributed by atoms with Crippen molar-refractivity contribution in [3.63, 3.8) is 0 Å². The number of aliphatic imine (C=N–C) groups is 1. The second-order valence-corrected chi connectivity index (χ2v) is 7.08. The van der Waals surface area contributed by atoms with Crippen LogP contribution in [0.15, 0.2) is 58.4 Å². The highest BCUT2D eigenvalue weighted by Crippen LogP contribution is 2.18. The Morgan fingerprint density at radius 2 is 1.97 bits per heavy atom. The van der Waals surface area contributed by atoms with E-state index in [4.69, 9.17) is 10.5 Å². The maximum Gasteiger partial charge on any atom is 0.255 e. The lowest BCUT2D eigenvalue weighted by Gasteiger charge is -2.12. The molecule has 0 aliphatic heterocycles. The van der Waals surface area contributed by atoms with Gasteiger partial charge in [0.25, 0.3) is 5.91 Å². The summed E-state index contributed by atoms with van der Waals surface area (Å²) in [6.07, 6.45) is 0.944.